The molecule has 1 fully saturated rings. The number of rotatable bonds is 4. The zero-order valence-corrected chi connectivity index (χ0v) is 23.3. The predicted molar refractivity (Wildman–Crippen MR) is 155 cm³/mol. The minimum atomic E-state index is -0.607. The van der Waals surface area contributed by atoms with Gasteiger partial charge in [0, 0.05) is 47.3 Å². The molecule has 7 rings (SSSR count). The Balaban J connectivity index is 1.34. The molecule has 5 aromatic rings. The van der Waals surface area contributed by atoms with Crippen molar-refractivity contribution < 1.29 is 13.6 Å². The van der Waals surface area contributed by atoms with Gasteiger partial charge in [-0.05, 0) is 29.8 Å². The molecule has 1 amide bonds. The van der Waals surface area contributed by atoms with Crippen LogP contribution in [0.2, 0.25) is 0 Å². The molecule has 0 spiro atoms. The summed E-state index contributed by atoms with van der Waals surface area (Å²) < 4.78 is 32.0. The molecule has 5 heterocycles. The first kappa shape index (κ1) is 25.8. The van der Waals surface area contributed by atoms with E-state index >= 15 is 4.39 Å². The topological polar surface area (TPSA) is 123 Å². The van der Waals surface area contributed by atoms with E-state index in [9.17, 15) is 9.18 Å². The number of hydrogen-bond donors (Lipinski definition) is 3. The number of pyridine rings is 2. The van der Waals surface area contributed by atoms with Crippen LogP contribution in [-0.4, -0.2) is 35.6 Å². The van der Waals surface area contributed by atoms with Crippen LogP contribution in [0, 0.1) is 17.0 Å². The Morgan fingerprint density at radius 1 is 1.05 bits per heavy atom. The zero-order chi connectivity index (χ0) is 29.3. The van der Waals surface area contributed by atoms with Crippen molar-refractivity contribution in [3.63, 3.8) is 0 Å². The fourth-order valence-corrected chi connectivity index (χ4v) is 5.07. The van der Waals surface area contributed by atoms with E-state index in [-0.39, 0.29) is 28.7 Å². The molecule has 42 heavy (non-hydrogen) atoms. The smallest absolute Gasteiger partial charge is 0.229 e. The van der Waals surface area contributed by atoms with Crippen LogP contribution < -0.4 is 10.6 Å². The van der Waals surface area contributed by atoms with E-state index in [2.05, 4.69) is 30.7 Å². The number of allylic oxidation sites excluding steroid dienone is 2. The lowest BCUT2D eigenvalue weighted by Gasteiger charge is -2.17. The molecule has 4 aromatic heterocycles. The fourth-order valence-electron chi connectivity index (χ4n) is 5.07. The second-order valence-electron chi connectivity index (χ2n) is 11.5. The van der Waals surface area contributed by atoms with E-state index in [4.69, 9.17) is 4.98 Å². The maximum Gasteiger partial charge on any atom is 0.229 e. The monoisotopic (exact) mass is 564 g/mol. The van der Waals surface area contributed by atoms with Gasteiger partial charge in [0.15, 0.2) is 11.5 Å². The number of benzene rings is 1. The first-order valence-corrected chi connectivity index (χ1v) is 13.4. The van der Waals surface area contributed by atoms with E-state index in [1.165, 1.54) is 35.4 Å². The van der Waals surface area contributed by atoms with Gasteiger partial charge in [-0.2, -0.15) is 5.10 Å². The van der Waals surface area contributed by atoms with Gasteiger partial charge in [-0.25, -0.2) is 23.4 Å². The number of nitrogens with one attached hydrogen (secondary N) is 3. The summed E-state index contributed by atoms with van der Waals surface area (Å²) in [6, 6.07) is 7.93. The molecule has 9 nitrogen and oxygen atoms in total. The van der Waals surface area contributed by atoms with E-state index in [1.807, 2.05) is 39.0 Å². The van der Waals surface area contributed by atoms with Crippen LogP contribution in [0.3, 0.4) is 0 Å². The molecule has 1 saturated heterocycles. The van der Waals surface area contributed by atoms with Gasteiger partial charge in [-0.1, -0.05) is 39.0 Å². The molecule has 1 atom stereocenters. The van der Waals surface area contributed by atoms with E-state index in [1.54, 1.807) is 19.2 Å². The minimum absolute atomic E-state index is 0.0748. The molecular weight excluding hydrogens is 538 g/mol. The molecule has 210 valence electrons. The van der Waals surface area contributed by atoms with Gasteiger partial charge in [0.2, 0.25) is 5.91 Å². The second-order valence-corrected chi connectivity index (χ2v) is 11.5. The Hall–Kier alpha value is -5.19. The van der Waals surface area contributed by atoms with Crippen LogP contribution in [0.15, 0.2) is 66.8 Å². The van der Waals surface area contributed by atoms with Crippen molar-refractivity contribution in [1.82, 2.24) is 35.0 Å². The Labute approximate surface area is 239 Å². The highest BCUT2D eigenvalue weighted by atomic mass is 19.1. The van der Waals surface area contributed by atoms with Crippen LogP contribution in [0.5, 0.6) is 0 Å². The number of halogens is 2. The van der Waals surface area contributed by atoms with Crippen LogP contribution in [0.4, 0.5) is 14.5 Å². The number of aryl methyl sites for hydroxylation is 1. The van der Waals surface area contributed by atoms with Crippen molar-refractivity contribution in [3.8, 4) is 22.6 Å². The number of imidazole rings is 1. The highest BCUT2D eigenvalue weighted by Gasteiger charge is 2.38. The number of nitrogens with zero attached hydrogens (tertiary/aromatic N) is 5. The van der Waals surface area contributed by atoms with Gasteiger partial charge < -0.3 is 15.6 Å². The summed E-state index contributed by atoms with van der Waals surface area (Å²) in [5, 5.41) is 10.9. The van der Waals surface area contributed by atoms with Crippen molar-refractivity contribution >= 4 is 28.2 Å². The zero-order valence-electron chi connectivity index (χ0n) is 23.3. The first-order valence-electron chi connectivity index (χ1n) is 13.4. The lowest BCUT2D eigenvalue weighted by Crippen LogP contribution is -2.27. The second kappa shape index (κ2) is 9.16. The van der Waals surface area contributed by atoms with Crippen molar-refractivity contribution in [3.05, 3.63) is 95.4 Å². The lowest BCUT2D eigenvalue weighted by molar-refractivity contribution is -0.123. The standard InChI is InChI=1S/C31H26F2N8O/c1-31(2,3)30(42)36-18-11-16(12-34-13-18)20-14-35-29-22(23(20)33)26(40-41(29)4)28-38-24-19(15-6-5-7-17(32)10-15)8-9-21-25(37-21)27(24)39-28/h5-14,25,37H,1-4H3,(H,36,42)(H,38,39). The number of hydrogen-bond acceptors (Lipinski definition) is 6. The minimum Gasteiger partial charge on any atom is -0.373 e. The highest BCUT2D eigenvalue weighted by Crippen LogP contribution is 2.43. The number of aromatic nitrogens is 6. The van der Waals surface area contributed by atoms with E-state index in [0.717, 1.165) is 17.0 Å². The van der Waals surface area contributed by atoms with Crippen molar-refractivity contribution in [1.29, 1.82) is 0 Å². The Kier molecular flexibility index (Phi) is 5.62. The van der Waals surface area contributed by atoms with E-state index in [0.29, 0.717) is 39.7 Å². The summed E-state index contributed by atoms with van der Waals surface area (Å²) in [4.78, 5) is 29.5. The van der Waals surface area contributed by atoms with Gasteiger partial charge >= 0.3 is 0 Å². The number of anilines is 1. The number of aromatic amines is 1. The summed E-state index contributed by atoms with van der Waals surface area (Å²) in [5.41, 5.74) is 4.99. The third-order valence-corrected chi connectivity index (χ3v) is 7.38. The summed E-state index contributed by atoms with van der Waals surface area (Å²) >= 11 is 0. The third-order valence-electron chi connectivity index (χ3n) is 7.38. The molecule has 1 aliphatic heterocycles. The van der Waals surface area contributed by atoms with E-state index < -0.39 is 11.2 Å². The molecule has 1 unspecified atom stereocenters. The van der Waals surface area contributed by atoms with Crippen LogP contribution in [0.25, 0.3) is 39.3 Å². The van der Waals surface area contributed by atoms with Gasteiger partial charge in [-0.15, -0.1) is 0 Å². The summed E-state index contributed by atoms with van der Waals surface area (Å²) in [7, 11) is 1.69. The van der Waals surface area contributed by atoms with Crippen molar-refractivity contribution in [2.75, 3.05) is 5.32 Å². The molecular formula is C31H26F2N8O. The maximum atomic E-state index is 16.4. The summed E-state index contributed by atoms with van der Waals surface area (Å²) in [5.74, 6) is -0.705. The number of H-pyrrole nitrogens is 1. The SMILES string of the molecule is Cn1nc(-c2nc3c([nH]2)C2NC2=CC=C3c2cccc(F)c2)c2c(F)c(-c3cncc(NC(=O)C(C)(C)C)c3)cnc21. The van der Waals surface area contributed by atoms with Crippen molar-refractivity contribution in [2.45, 2.75) is 26.8 Å². The number of amides is 1. The average Bonchev–Trinajstić information content (AvgIpc) is 3.50. The molecule has 0 saturated carbocycles. The lowest BCUT2D eigenvalue weighted by atomic mass is 9.95. The quantitative estimate of drug-likeness (QED) is 0.242. The van der Waals surface area contributed by atoms with Gasteiger partial charge in [0.05, 0.1) is 28.7 Å². The average molecular weight is 565 g/mol. The van der Waals surface area contributed by atoms with Crippen molar-refractivity contribution in [2.24, 2.45) is 12.5 Å². The summed E-state index contributed by atoms with van der Waals surface area (Å²) in [6.45, 7) is 5.42. The maximum absolute atomic E-state index is 16.4. The molecule has 2 aliphatic rings. The van der Waals surface area contributed by atoms with Gasteiger partial charge in [-0.3, -0.25) is 9.78 Å². The van der Waals surface area contributed by atoms with Crippen LogP contribution >= 0.6 is 0 Å². The summed E-state index contributed by atoms with van der Waals surface area (Å²) in [6.07, 6.45) is 8.33. The molecule has 0 bridgehead atoms. The van der Waals surface area contributed by atoms with Crippen LogP contribution in [-0.2, 0) is 11.8 Å². The largest absolute Gasteiger partial charge is 0.373 e. The molecule has 11 heteroatoms. The number of carbonyl (C=O) groups is 1. The predicted octanol–water partition coefficient (Wildman–Crippen LogP) is 5.66. The normalized spacial score (nSPS) is 15.7. The van der Waals surface area contributed by atoms with Gasteiger partial charge in [0.25, 0.3) is 0 Å². The number of fused-ring (bicyclic) bond motifs is 4. The fraction of sp³-hybridized carbons (Fsp3) is 0.194. The van der Waals surface area contributed by atoms with Crippen LogP contribution in [0.1, 0.15) is 43.8 Å². The van der Waals surface area contributed by atoms with Gasteiger partial charge in [0.1, 0.15) is 23.4 Å². The molecule has 1 aliphatic carbocycles. The molecule has 0 radical (unpaired) electrons. The number of carbonyl (C=O) groups excluding carboxylic acids is 1. The molecule has 3 N–H and O–H groups in total. The Morgan fingerprint density at radius 2 is 1.88 bits per heavy atom. The first-order chi connectivity index (χ1) is 20.1. The highest BCUT2D eigenvalue weighted by molar-refractivity contribution is 5.96. The molecule has 1 aromatic carbocycles. The third kappa shape index (κ3) is 4.25. The Bertz CT molecular complexity index is 2000. The Morgan fingerprint density at radius 3 is 2.67 bits per heavy atom.